The number of fused-ring (bicyclic) bond motifs is 6. The first-order chi connectivity index (χ1) is 28.3. The highest BCUT2D eigenvalue weighted by Crippen LogP contribution is 2.47. The van der Waals surface area contributed by atoms with Crippen LogP contribution < -0.4 is 0 Å². The van der Waals surface area contributed by atoms with Crippen molar-refractivity contribution in [1.82, 2.24) is 15.0 Å². The Kier molecular flexibility index (Phi) is 7.78. The van der Waals surface area contributed by atoms with Crippen molar-refractivity contribution in [2.75, 3.05) is 0 Å². The number of hydrogen-bond donors (Lipinski definition) is 0. The third-order valence-corrected chi connectivity index (χ3v) is 10.9. The van der Waals surface area contributed by atoms with Crippen LogP contribution in [-0.4, -0.2) is 15.0 Å². The Bertz CT molecular complexity index is 3210. The lowest BCUT2D eigenvalue weighted by molar-refractivity contribution is 0.670. The van der Waals surface area contributed by atoms with Crippen molar-refractivity contribution in [1.29, 1.82) is 0 Å². The van der Waals surface area contributed by atoms with Gasteiger partial charge in [0.1, 0.15) is 11.2 Å². The van der Waals surface area contributed by atoms with Gasteiger partial charge in [-0.25, -0.2) is 15.0 Å². The Morgan fingerprint density at radius 3 is 1.44 bits per heavy atom. The van der Waals surface area contributed by atoms with Crippen LogP contribution in [0, 0.1) is 0 Å². The van der Waals surface area contributed by atoms with Gasteiger partial charge in [0.15, 0.2) is 17.5 Å². The number of furan rings is 1. The third kappa shape index (κ3) is 5.66. The topological polar surface area (TPSA) is 51.8 Å². The van der Waals surface area contributed by atoms with Crippen LogP contribution in [0.25, 0.3) is 111 Å². The first kappa shape index (κ1) is 32.7. The molecule has 0 saturated carbocycles. The van der Waals surface area contributed by atoms with Crippen molar-refractivity contribution < 1.29 is 4.42 Å². The molecule has 9 aromatic carbocycles. The second-order valence-electron chi connectivity index (χ2n) is 14.3. The van der Waals surface area contributed by atoms with Gasteiger partial charge >= 0.3 is 0 Å². The van der Waals surface area contributed by atoms with Gasteiger partial charge in [-0.3, -0.25) is 0 Å². The molecule has 0 saturated heterocycles. The van der Waals surface area contributed by atoms with Crippen LogP contribution in [0.5, 0.6) is 0 Å². The van der Waals surface area contributed by atoms with Gasteiger partial charge in [0, 0.05) is 27.5 Å². The molecule has 0 bridgehead atoms. The standard InChI is InChI=1S/C53H33N3O/c1-5-17-34(18-6-1)39-32-45(35-19-7-2-8-20-35)49-47(33-39)48-43(46-31-38-25-13-14-26-40(38)41-27-15-16-28-42(41)46)29-30-44(50(48)57-49)53-55-51(36-21-9-3-10-22-36)54-52(56-53)37-23-11-4-12-24-37/h1-33H. The van der Waals surface area contributed by atoms with E-state index in [2.05, 4.69) is 140 Å². The van der Waals surface area contributed by atoms with Gasteiger partial charge in [0.25, 0.3) is 0 Å². The molecule has 57 heavy (non-hydrogen) atoms. The molecule has 0 aliphatic carbocycles. The van der Waals surface area contributed by atoms with Crippen LogP contribution in [-0.2, 0) is 0 Å². The third-order valence-electron chi connectivity index (χ3n) is 10.9. The normalized spacial score (nSPS) is 11.5. The summed E-state index contributed by atoms with van der Waals surface area (Å²) in [6.07, 6.45) is 0. The zero-order valence-electron chi connectivity index (χ0n) is 30.8. The first-order valence-corrected chi connectivity index (χ1v) is 19.2. The van der Waals surface area contributed by atoms with E-state index in [9.17, 15) is 0 Å². The molecule has 0 fully saturated rings. The van der Waals surface area contributed by atoms with Gasteiger partial charge in [-0.05, 0) is 73.6 Å². The van der Waals surface area contributed by atoms with Gasteiger partial charge in [0.05, 0.1) is 5.56 Å². The SMILES string of the molecule is c1ccc(-c2cc(-c3ccccc3)c3oc4c(-c5nc(-c6ccccc6)nc(-c6ccccc6)n5)ccc(-c5cc6ccccc6c6ccccc56)c4c3c2)cc1. The van der Waals surface area contributed by atoms with E-state index in [1.165, 1.54) is 21.5 Å². The molecule has 0 unspecified atom stereocenters. The van der Waals surface area contributed by atoms with Crippen molar-refractivity contribution >= 4 is 43.5 Å². The van der Waals surface area contributed by atoms with E-state index >= 15 is 0 Å². The predicted molar refractivity (Wildman–Crippen MR) is 235 cm³/mol. The maximum absolute atomic E-state index is 7.27. The minimum atomic E-state index is 0.547. The smallest absolute Gasteiger partial charge is 0.167 e. The van der Waals surface area contributed by atoms with Crippen LogP contribution in [0.2, 0.25) is 0 Å². The largest absolute Gasteiger partial charge is 0.455 e. The van der Waals surface area contributed by atoms with Gasteiger partial charge in [0.2, 0.25) is 0 Å². The molecule has 4 nitrogen and oxygen atoms in total. The van der Waals surface area contributed by atoms with Crippen molar-refractivity contribution in [2.45, 2.75) is 0 Å². The summed E-state index contributed by atoms with van der Waals surface area (Å²) >= 11 is 0. The van der Waals surface area contributed by atoms with E-state index in [-0.39, 0.29) is 0 Å². The molecule has 0 N–H and O–H groups in total. The fraction of sp³-hybridized carbons (Fsp3) is 0. The Labute approximate surface area is 329 Å². The summed E-state index contributed by atoms with van der Waals surface area (Å²) in [7, 11) is 0. The molecule has 0 spiro atoms. The summed E-state index contributed by atoms with van der Waals surface area (Å²) in [5.74, 6) is 1.75. The minimum absolute atomic E-state index is 0.547. The summed E-state index contributed by atoms with van der Waals surface area (Å²) in [6.45, 7) is 0. The molecule has 0 atom stereocenters. The molecule has 2 heterocycles. The predicted octanol–water partition coefficient (Wildman–Crippen LogP) is 14.1. The molecule has 0 aliphatic heterocycles. The second kappa shape index (κ2) is 13.6. The van der Waals surface area contributed by atoms with Crippen LogP contribution in [0.4, 0.5) is 0 Å². The molecule has 4 heteroatoms. The molecule has 2 aromatic heterocycles. The van der Waals surface area contributed by atoms with E-state index in [0.717, 1.165) is 72.0 Å². The van der Waals surface area contributed by atoms with Crippen LogP contribution in [0.15, 0.2) is 205 Å². The molecular formula is C53H33N3O. The zero-order valence-corrected chi connectivity index (χ0v) is 30.8. The number of nitrogens with zero attached hydrogens (tertiary/aromatic N) is 3. The van der Waals surface area contributed by atoms with Gasteiger partial charge < -0.3 is 4.42 Å². The van der Waals surface area contributed by atoms with Crippen molar-refractivity contribution in [3.8, 4) is 67.5 Å². The Hall–Kier alpha value is -7.69. The van der Waals surface area contributed by atoms with Crippen LogP contribution in [0.3, 0.4) is 0 Å². The highest BCUT2D eigenvalue weighted by molar-refractivity contribution is 6.23. The lowest BCUT2D eigenvalue weighted by atomic mass is 9.89. The summed E-state index contributed by atoms with van der Waals surface area (Å²) in [6, 6.07) is 69.9. The fourth-order valence-corrected chi connectivity index (χ4v) is 8.22. The molecule has 0 aliphatic rings. The zero-order chi connectivity index (χ0) is 37.7. The summed E-state index contributed by atoms with van der Waals surface area (Å²) < 4.78 is 7.27. The first-order valence-electron chi connectivity index (χ1n) is 19.2. The maximum atomic E-state index is 7.27. The van der Waals surface area contributed by atoms with Gasteiger partial charge in [-0.1, -0.05) is 176 Å². The van der Waals surface area contributed by atoms with Crippen molar-refractivity contribution in [3.63, 3.8) is 0 Å². The van der Waals surface area contributed by atoms with E-state index in [4.69, 9.17) is 19.4 Å². The van der Waals surface area contributed by atoms with Crippen LogP contribution in [0.1, 0.15) is 0 Å². The second-order valence-corrected chi connectivity index (χ2v) is 14.3. The monoisotopic (exact) mass is 727 g/mol. The Morgan fingerprint density at radius 1 is 0.281 bits per heavy atom. The van der Waals surface area contributed by atoms with E-state index in [1.54, 1.807) is 0 Å². The summed E-state index contributed by atoms with van der Waals surface area (Å²) in [5.41, 5.74) is 10.7. The summed E-state index contributed by atoms with van der Waals surface area (Å²) in [4.78, 5) is 15.3. The lowest BCUT2D eigenvalue weighted by Crippen LogP contribution is -2.00. The van der Waals surface area contributed by atoms with E-state index < -0.39 is 0 Å². The minimum Gasteiger partial charge on any atom is -0.455 e. The maximum Gasteiger partial charge on any atom is 0.167 e. The molecule has 11 aromatic rings. The van der Waals surface area contributed by atoms with Crippen LogP contribution >= 0.6 is 0 Å². The van der Waals surface area contributed by atoms with Gasteiger partial charge in [-0.2, -0.15) is 0 Å². The Morgan fingerprint density at radius 2 is 0.789 bits per heavy atom. The number of rotatable bonds is 6. The summed E-state index contributed by atoms with van der Waals surface area (Å²) in [5, 5.41) is 6.85. The molecule has 0 radical (unpaired) electrons. The van der Waals surface area contributed by atoms with Gasteiger partial charge in [-0.15, -0.1) is 0 Å². The molecule has 11 rings (SSSR count). The molecule has 266 valence electrons. The fourth-order valence-electron chi connectivity index (χ4n) is 8.22. The average Bonchev–Trinajstić information content (AvgIpc) is 3.69. The average molecular weight is 728 g/mol. The van der Waals surface area contributed by atoms with E-state index in [0.29, 0.717) is 17.5 Å². The highest BCUT2D eigenvalue weighted by atomic mass is 16.3. The lowest BCUT2D eigenvalue weighted by Gasteiger charge is -2.14. The Balaban J connectivity index is 1.28. The number of hydrogen-bond acceptors (Lipinski definition) is 4. The van der Waals surface area contributed by atoms with Crippen molar-refractivity contribution in [2.24, 2.45) is 0 Å². The number of benzene rings is 9. The van der Waals surface area contributed by atoms with Crippen molar-refractivity contribution in [3.05, 3.63) is 200 Å². The molecular weight excluding hydrogens is 695 g/mol. The quantitative estimate of drug-likeness (QED) is 0.160. The number of aromatic nitrogens is 3. The molecule has 0 amide bonds. The highest BCUT2D eigenvalue weighted by Gasteiger charge is 2.24. The van der Waals surface area contributed by atoms with E-state index in [1.807, 2.05) is 60.7 Å².